The first-order chi connectivity index (χ1) is 9.10. The zero-order valence-corrected chi connectivity index (χ0v) is 11.2. The average molecular weight is 268 g/mol. The molecule has 2 heterocycles. The third-order valence-corrected chi connectivity index (χ3v) is 3.26. The highest BCUT2D eigenvalue weighted by atomic mass is 16.5. The molecule has 0 bridgehead atoms. The summed E-state index contributed by atoms with van der Waals surface area (Å²) in [6.45, 7) is 7.40. The number of hydrogen-bond acceptors (Lipinski definition) is 6. The largest absolute Gasteiger partial charge is 0.376 e. The van der Waals surface area contributed by atoms with Gasteiger partial charge in [0.15, 0.2) is 5.69 Å². The molecule has 2 rings (SSSR count). The lowest BCUT2D eigenvalue weighted by atomic mass is 10.2. The third kappa shape index (κ3) is 3.49. The minimum absolute atomic E-state index is 0.228. The summed E-state index contributed by atoms with van der Waals surface area (Å²) >= 11 is 0. The fourth-order valence-electron chi connectivity index (χ4n) is 2.10. The van der Waals surface area contributed by atoms with Gasteiger partial charge in [0.1, 0.15) is 0 Å². The number of hydrogen-bond donors (Lipinski definition) is 2. The number of rotatable bonds is 4. The van der Waals surface area contributed by atoms with Crippen LogP contribution in [0.3, 0.4) is 0 Å². The van der Waals surface area contributed by atoms with E-state index in [0.29, 0.717) is 12.6 Å². The molecule has 1 fully saturated rings. The van der Waals surface area contributed by atoms with Crippen LogP contribution in [0.1, 0.15) is 24.3 Å². The van der Waals surface area contributed by atoms with Crippen LogP contribution in [0.4, 0.5) is 0 Å². The number of nitrogen functional groups attached to an aromatic ring is 1. The monoisotopic (exact) mass is 268 g/mol. The summed E-state index contributed by atoms with van der Waals surface area (Å²) in [5, 5.41) is 7.67. The minimum Gasteiger partial charge on any atom is -0.376 e. The molecule has 106 valence electrons. The highest BCUT2D eigenvalue weighted by molar-refractivity contribution is 5.91. The average Bonchev–Trinajstić information content (AvgIpc) is 2.88. The molecular formula is C11H20N6O2. The van der Waals surface area contributed by atoms with Crippen molar-refractivity contribution >= 4 is 5.91 Å². The van der Waals surface area contributed by atoms with Crippen molar-refractivity contribution in [3.63, 3.8) is 0 Å². The molecule has 1 aliphatic heterocycles. The topological polar surface area (TPSA) is 98.3 Å². The van der Waals surface area contributed by atoms with Gasteiger partial charge >= 0.3 is 0 Å². The highest BCUT2D eigenvalue weighted by Crippen LogP contribution is 2.10. The molecule has 0 aromatic carbocycles. The van der Waals surface area contributed by atoms with Gasteiger partial charge in [-0.05, 0) is 13.8 Å². The Morgan fingerprint density at radius 3 is 3.11 bits per heavy atom. The Kier molecular flexibility index (Phi) is 4.46. The third-order valence-electron chi connectivity index (χ3n) is 3.26. The molecule has 2 unspecified atom stereocenters. The van der Waals surface area contributed by atoms with Crippen LogP contribution in [0.2, 0.25) is 0 Å². The lowest BCUT2D eigenvalue weighted by molar-refractivity contribution is -0.0504. The number of ether oxygens (including phenoxy) is 1. The Morgan fingerprint density at radius 2 is 2.37 bits per heavy atom. The first-order valence-corrected chi connectivity index (χ1v) is 6.37. The normalized spacial score (nSPS) is 24.4. The highest BCUT2D eigenvalue weighted by Gasteiger charge is 2.23. The lowest BCUT2D eigenvalue weighted by Gasteiger charge is -2.36. The van der Waals surface area contributed by atoms with Gasteiger partial charge < -0.3 is 4.74 Å². The Bertz CT molecular complexity index is 435. The second-order valence-electron chi connectivity index (χ2n) is 4.83. The van der Waals surface area contributed by atoms with E-state index in [-0.39, 0.29) is 11.8 Å². The van der Waals surface area contributed by atoms with Gasteiger partial charge in [0.25, 0.3) is 5.91 Å². The Hall–Kier alpha value is -1.51. The molecule has 3 N–H and O–H groups in total. The number of carbonyl (C=O) groups excluding carboxylic acids is 1. The smallest absolute Gasteiger partial charge is 0.287 e. The zero-order chi connectivity index (χ0) is 13.8. The molecule has 1 aliphatic rings. The van der Waals surface area contributed by atoms with Gasteiger partial charge in [-0.15, -0.1) is 5.10 Å². The van der Waals surface area contributed by atoms with Gasteiger partial charge in [0, 0.05) is 19.1 Å². The van der Waals surface area contributed by atoms with Crippen molar-refractivity contribution in [2.24, 2.45) is 5.84 Å². The molecule has 0 saturated carbocycles. The summed E-state index contributed by atoms with van der Waals surface area (Å²) in [5.74, 6) is 4.61. The van der Waals surface area contributed by atoms with Crippen LogP contribution in [0.15, 0.2) is 6.20 Å². The fourth-order valence-corrected chi connectivity index (χ4v) is 2.10. The van der Waals surface area contributed by atoms with Crippen molar-refractivity contribution in [1.82, 2.24) is 25.3 Å². The first-order valence-electron chi connectivity index (χ1n) is 6.37. The quantitative estimate of drug-likeness (QED) is 0.412. The molecule has 8 heteroatoms. The maximum absolute atomic E-state index is 11.2. The minimum atomic E-state index is -0.431. The van der Waals surface area contributed by atoms with E-state index < -0.39 is 5.91 Å². The van der Waals surface area contributed by atoms with Crippen molar-refractivity contribution in [2.45, 2.75) is 32.5 Å². The Labute approximate surface area is 111 Å². The summed E-state index contributed by atoms with van der Waals surface area (Å²) in [7, 11) is 0. The van der Waals surface area contributed by atoms with Crippen LogP contribution in [-0.4, -0.2) is 57.6 Å². The van der Waals surface area contributed by atoms with Crippen molar-refractivity contribution in [2.75, 3.05) is 19.7 Å². The first kappa shape index (κ1) is 13.9. The van der Waals surface area contributed by atoms with Crippen LogP contribution < -0.4 is 11.3 Å². The summed E-state index contributed by atoms with van der Waals surface area (Å²) in [4.78, 5) is 13.6. The van der Waals surface area contributed by atoms with E-state index in [9.17, 15) is 4.79 Å². The molecule has 0 aliphatic carbocycles. The van der Waals surface area contributed by atoms with E-state index in [2.05, 4.69) is 29.1 Å². The predicted molar refractivity (Wildman–Crippen MR) is 68.1 cm³/mol. The standard InChI is InChI=1S/C11H20N6O2/c1-8-7-19-9(2)5-16(8)3-4-17-6-10(14-15-17)11(18)13-12/h6,8-9H,3-5,7,12H2,1-2H3,(H,13,18). The number of hydrazine groups is 1. The number of nitrogens with zero attached hydrogens (tertiary/aromatic N) is 4. The molecule has 1 aromatic heterocycles. The molecule has 0 spiro atoms. The molecule has 0 radical (unpaired) electrons. The van der Waals surface area contributed by atoms with Gasteiger partial charge in [-0.25, -0.2) is 5.84 Å². The number of nitrogens with two attached hydrogens (primary N) is 1. The van der Waals surface area contributed by atoms with Gasteiger partial charge in [-0.1, -0.05) is 5.21 Å². The van der Waals surface area contributed by atoms with E-state index in [1.807, 2.05) is 5.43 Å². The zero-order valence-electron chi connectivity index (χ0n) is 11.2. The van der Waals surface area contributed by atoms with E-state index in [1.165, 1.54) is 0 Å². The Balaban J connectivity index is 1.87. The van der Waals surface area contributed by atoms with E-state index >= 15 is 0 Å². The maximum Gasteiger partial charge on any atom is 0.287 e. The van der Waals surface area contributed by atoms with Crippen LogP contribution in [0.5, 0.6) is 0 Å². The molecule has 1 saturated heterocycles. The van der Waals surface area contributed by atoms with Crippen LogP contribution in [0, 0.1) is 0 Å². The second-order valence-corrected chi connectivity index (χ2v) is 4.83. The van der Waals surface area contributed by atoms with Crippen LogP contribution in [-0.2, 0) is 11.3 Å². The van der Waals surface area contributed by atoms with Crippen LogP contribution >= 0.6 is 0 Å². The molecular weight excluding hydrogens is 248 g/mol. The van der Waals surface area contributed by atoms with Gasteiger partial charge in [0.2, 0.25) is 0 Å². The number of carbonyl (C=O) groups is 1. The van der Waals surface area contributed by atoms with Crippen molar-refractivity contribution in [3.05, 3.63) is 11.9 Å². The SMILES string of the molecule is CC1CN(CCn2cc(C(=O)NN)nn2)C(C)CO1. The van der Waals surface area contributed by atoms with Gasteiger partial charge in [-0.3, -0.25) is 19.8 Å². The Morgan fingerprint density at radius 1 is 1.58 bits per heavy atom. The van der Waals surface area contributed by atoms with Gasteiger partial charge in [-0.2, -0.15) is 0 Å². The van der Waals surface area contributed by atoms with Crippen molar-refractivity contribution < 1.29 is 9.53 Å². The number of morpholine rings is 1. The van der Waals surface area contributed by atoms with Crippen LogP contribution in [0.25, 0.3) is 0 Å². The van der Waals surface area contributed by atoms with Crippen molar-refractivity contribution in [3.8, 4) is 0 Å². The predicted octanol–water partition coefficient (Wildman–Crippen LogP) is -1.01. The molecule has 8 nitrogen and oxygen atoms in total. The summed E-state index contributed by atoms with van der Waals surface area (Å²) in [6, 6.07) is 0.395. The number of aromatic nitrogens is 3. The summed E-state index contributed by atoms with van der Waals surface area (Å²) in [5.41, 5.74) is 2.26. The molecule has 19 heavy (non-hydrogen) atoms. The molecule has 2 atom stereocenters. The van der Waals surface area contributed by atoms with Crippen molar-refractivity contribution in [1.29, 1.82) is 0 Å². The summed E-state index contributed by atoms with van der Waals surface area (Å²) in [6.07, 6.45) is 1.85. The second kappa shape index (κ2) is 6.09. The van der Waals surface area contributed by atoms with E-state index in [4.69, 9.17) is 10.6 Å². The number of amides is 1. The van der Waals surface area contributed by atoms with E-state index in [1.54, 1.807) is 10.9 Å². The number of nitrogens with one attached hydrogen (secondary N) is 1. The van der Waals surface area contributed by atoms with Gasteiger partial charge in [0.05, 0.1) is 25.5 Å². The summed E-state index contributed by atoms with van der Waals surface area (Å²) < 4.78 is 7.23. The molecule has 1 aromatic rings. The lowest BCUT2D eigenvalue weighted by Crippen LogP contribution is -2.48. The van der Waals surface area contributed by atoms with E-state index in [0.717, 1.165) is 19.7 Å². The maximum atomic E-state index is 11.2. The fraction of sp³-hybridized carbons (Fsp3) is 0.727. The molecule has 1 amide bonds.